The topological polar surface area (TPSA) is 240 Å². The number of anilines is 2. The van der Waals surface area contributed by atoms with Crippen molar-refractivity contribution in [3.8, 4) is 23.3 Å². The number of benzene rings is 4. The first-order chi connectivity index (χ1) is 32.3. The van der Waals surface area contributed by atoms with Crippen LogP contribution in [0, 0.1) is 11.8 Å². The van der Waals surface area contributed by atoms with Gasteiger partial charge in [-0.05, 0) is 79.8 Å². The molecule has 0 radical (unpaired) electrons. The number of ether oxygens (including phenoxy) is 1. The predicted molar refractivity (Wildman–Crippen MR) is 261 cm³/mol. The van der Waals surface area contributed by atoms with Crippen LogP contribution in [-0.4, -0.2) is 98.7 Å². The molecule has 4 N–H and O–H groups in total. The van der Waals surface area contributed by atoms with Crippen molar-refractivity contribution < 1.29 is 53.2 Å². The number of hydrogen-bond donors (Lipinski definition) is 4. The Hall–Kier alpha value is -5.95. The summed E-state index contributed by atoms with van der Waals surface area (Å²) in [6, 6.07) is 21.9. The van der Waals surface area contributed by atoms with E-state index in [4.69, 9.17) is 9.73 Å². The lowest BCUT2D eigenvalue weighted by atomic mass is 9.79. The van der Waals surface area contributed by atoms with E-state index in [-0.39, 0.29) is 55.5 Å². The van der Waals surface area contributed by atoms with E-state index < -0.39 is 64.6 Å². The third kappa shape index (κ3) is 11.4. The molecule has 8 rings (SSSR count). The molecule has 364 valence electrons. The van der Waals surface area contributed by atoms with Crippen LogP contribution in [0.3, 0.4) is 0 Å². The van der Waals surface area contributed by atoms with Crippen LogP contribution in [0.1, 0.15) is 93.5 Å². The number of carbonyl (C=O) groups is 2. The minimum absolute atomic E-state index is 0.0402. The van der Waals surface area contributed by atoms with Crippen molar-refractivity contribution in [1.29, 1.82) is 0 Å². The number of fused-ring (bicyclic) bond motifs is 6. The van der Waals surface area contributed by atoms with Crippen LogP contribution < -0.4 is 35.1 Å². The molecule has 4 aliphatic rings. The van der Waals surface area contributed by atoms with Crippen LogP contribution in [0.4, 0.5) is 17.1 Å². The van der Waals surface area contributed by atoms with Gasteiger partial charge in [0.1, 0.15) is 23.3 Å². The summed E-state index contributed by atoms with van der Waals surface area (Å²) in [5.41, 5.74) is 3.88. The lowest BCUT2D eigenvalue weighted by molar-refractivity contribution is -0.121. The maximum absolute atomic E-state index is 13.7. The predicted octanol–water partition coefficient (Wildman–Crippen LogP) is 4.77. The number of carbonyl (C=O) groups excluding carboxylic acids is 2. The van der Waals surface area contributed by atoms with Gasteiger partial charge < -0.3 is 19.9 Å². The highest BCUT2D eigenvalue weighted by Gasteiger charge is 2.41. The summed E-state index contributed by atoms with van der Waals surface area (Å²) < 4.78 is 110. The van der Waals surface area contributed by atoms with Gasteiger partial charge in [0.2, 0.25) is 17.2 Å². The molecule has 69 heavy (non-hydrogen) atoms. The molecule has 0 spiro atoms. The summed E-state index contributed by atoms with van der Waals surface area (Å²) in [5, 5.41) is 3.68. The number of amides is 2. The summed E-state index contributed by atoms with van der Waals surface area (Å²) in [6.07, 6.45) is 2.61. The molecule has 4 heterocycles. The lowest BCUT2D eigenvalue weighted by Gasteiger charge is -2.48. The summed E-state index contributed by atoms with van der Waals surface area (Å²) >= 11 is 0. The molecule has 0 fully saturated rings. The van der Waals surface area contributed by atoms with Gasteiger partial charge in [0.15, 0.2) is 17.0 Å². The van der Waals surface area contributed by atoms with Crippen molar-refractivity contribution in [2.45, 2.75) is 83.3 Å². The minimum Gasteiger partial charge on any atom is -0.452 e. The van der Waals surface area contributed by atoms with E-state index in [9.17, 15) is 48.5 Å². The third-order valence-electron chi connectivity index (χ3n) is 12.9. The fourth-order valence-corrected chi connectivity index (χ4v) is 11.8. The van der Waals surface area contributed by atoms with Crippen molar-refractivity contribution >= 4 is 64.8 Å². The highest BCUT2D eigenvalue weighted by Crippen LogP contribution is 2.49. The van der Waals surface area contributed by atoms with Crippen LogP contribution in [0.15, 0.2) is 83.9 Å². The SMILES string of the molecule is CC1(C)CC(CS(=O)(=O)O)c2cc3c(cc2N1CCCC(=O)NCCC(=O)N1Cc2ccccc2C#Cc2ccccc21)Oc1cc2c(cc1=N3)C(CS(=O)(=O)O)=CC(C)(C)[N+]=2CCCS(=O)(=O)O. The first-order valence-corrected chi connectivity index (χ1v) is 27.3. The van der Waals surface area contributed by atoms with Gasteiger partial charge in [-0.1, -0.05) is 42.2 Å². The van der Waals surface area contributed by atoms with E-state index in [0.29, 0.717) is 70.6 Å². The zero-order valence-electron chi connectivity index (χ0n) is 38.6. The molecule has 0 saturated heterocycles. The van der Waals surface area contributed by atoms with Crippen molar-refractivity contribution in [3.05, 3.63) is 117 Å². The zero-order chi connectivity index (χ0) is 49.7. The molecule has 0 aliphatic carbocycles. The molecule has 0 aromatic heterocycles. The van der Waals surface area contributed by atoms with Gasteiger partial charge in [0.25, 0.3) is 30.4 Å². The Kier molecular flexibility index (Phi) is 13.4. The number of para-hydroxylation sites is 1. The Morgan fingerprint density at radius 1 is 0.841 bits per heavy atom. The first-order valence-electron chi connectivity index (χ1n) is 22.5. The summed E-state index contributed by atoms with van der Waals surface area (Å²) in [4.78, 5) is 35.7. The van der Waals surface area contributed by atoms with Gasteiger partial charge in [0.05, 0.1) is 35.4 Å². The Balaban J connectivity index is 1.03. The number of nitrogens with zero attached hydrogens (tertiary/aromatic N) is 4. The van der Waals surface area contributed by atoms with Gasteiger partial charge in [0, 0.05) is 80.5 Å². The van der Waals surface area contributed by atoms with Crippen molar-refractivity contribution in [2.75, 3.05) is 46.7 Å². The lowest BCUT2D eigenvalue weighted by Crippen LogP contribution is -2.50. The maximum Gasteiger partial charge on any atom is 0.269 e. The Morgan fingerprint density at radius 3 is 2.28 bits per heavy atom. The first kappa shape index (κ1) is 49.5. The van der Waals surface area contributed by atoms with Crippen LogP contribution in [-0.2, 0) is 46.5 Å². The molecular weight excluding hydrogens is 947 g/mol. The van der Waals surface area contributed by atoms with Gasteiger partial charge in [-0.3, -0.25) is 23.2 Å². The minimum atomic E-state index is -4.50. The maximum atomic E-state index is 13.7. The van der Waals surface area contributed by atoms with Crippen molar-refractivity contribution in [2.24, 2.45) is 4.99 Å². The summed E-state index contributed by atoms with van der Waals surface area (Å²) in [6.45, 7) is 8.47. The molecule has 2 amide bonds. The quantitative estimate of drug-likeness (QED) is 0.0629. The van der Waals surface area contributed by atoms with Crippen LogP contribution in [0.25, 0.3) is 5.57 Å². The fourth-order valence-electron chi connectivity index (χ4n) is 9.89. The fraction of sp³-hybridized carbons (Fsp3) is 0.388. The molecule has 17 nitrogen and oxygen atoms in total. The summed E-state index contributed by atoms with van der Waals surface area (Å²) in [5.74, 6) is 4.16. The molecule has 4 aliphatic heterocycles. The zero-order valence-corrected chi connectivity index (χ0v) is 41.0. The average Bonchev–Trinajstić information content (AvgIpc) is 3.23. The standard InChI is InChI=1S/C49H53N5O12S3/c1-48(2)27-35(30-68(60,61)62)37-23-39-44(66-45-26-43-38(24-40(45)51-39)36(31-69(63,64)65)28-49(3,4)54(43)21-10-22-67(57,58)59)25-42(37)53(48)20-9-15-46(55)50-19-18-47(56)52-29-34-13-6-5-11-32(34)16-17-33-12-7-8-14-41(33)52/h5-8,11-14,23-26,28,35H,9-10,15,18-22,27,29-31H2,1-4H3,(H3-,50,55,57,58,59,60,61,62,63,64,65)/p+1. The van der Waals surface area contributed by atoms with Crippen LogP contribution >= 0.6 is 0 Å². The Morgan fingerprint density at radius 2 is 1.55 bits per heavy atom. The molecule has 1 unspecified atom stereocenters. The monoisotopic (exact) mass is 1000 g/mol. The number of rotatable bonds is 15. The van der Waals surface area contributed by atoms with E-state index in [1.54, 1.807) is 49.1 Å². The number of hydrogen-bond acceptors (Lipinski definition) is 11. The molecule has 0 bridgehead atoms. The second-order valence-corrected chi connectivity index (χ2v) is 23.5. The molecule has 1 atom stereocenters. The van der Waals surface area contributed by atoms with Crippen LogP contribution in [0.5, 0.6) is 11.5 Å². The summed E-state index contributed by atoms with van der Waals surface area (Å²) in [7, 11) is -13.2. The highest BCUT2D eigenvalue weighted by atomic mass is 32.2. The molecular formula is C49H54N5O12S3+. The molecule has 4 aromatic carbocycles. The number of nitrogens with one attached hydrogen (secondary N) is 1. The normalized spacial score (nSPS) is 17.6. The van der Waals surface area contributed by atoms with E-state index in [1.165, 1.54) is 0 Å². The van der Waals surface area contributed by atoms with Gasteiger partial charge in [-0.25, -0.2) is 9.57 Å². The van der Waals surface area contributed by atoms with Gasteiger partial charge in [-0.15, -0.1) is 0 Å². The second-order valence-electron chi connectivity index (χ2n) is 19.0. The molecule has 4 aromatic rings. The van der Waals surface area contributed by atoms with Crippen molar-refractivity contribution in [1.82, 2.24) is 9.89 Å². The van der Waals surface area contributed by atoms with E-state index >= 15 is 0 Å². The highest BCUT2D eigenvalue weighted by molar-refractivity contribution is 7.86. The average molecular weight is 1000 g/mol. The van der Waals surface area contributed by atoms with E-state index in [0.717, 1.165) is 16.7 Å². The van der Waals surface area contributed by atoms with E-state index in [2.05, 4.69) is 22.1 Å². The van der Waals surface area contributed by atoms with Crippen LogP contribution in [0.2, 0.25) is 0 Å². The second kappa shape index (κ2) is 18.8. The largest absolute Gasteiger partial charge is 0.452 e. The molecule has 20 heteroatoms. The Labute approximate surface area is 401 Å². The smallest absolute Gasteiger partial charge is 0.269 e. The van der Waals surface area contributed by atoms with Gasteiger partial charge in [-0.2, -0.15) is 25.3 Å². The Bertz CT molecular complexity index is 3360. The van der Waals surface area contributed by atoms with Crippen molar-refractivity contribution in [3.63, 3.8) is 0 Å². The molecule has 0 saturated carbocycles. The third-order valence-corrected chi connectivity index (χ3v) is 15.2. The van der Waals surface area contributed by atoms with E-state index in [1.807, 2.05) is 67.0 Å². The van der Waals surface area contributed by atoms with Gasteiger partial charge >= 0.3 is 0 Å².